The fraction of sp³-hybridized carbons (Fsp3) is 0.429. The molecule has 0 unspecified atom stereocenters. The third-order valence-corrected chi connectivity index (χ3v) is 2.38. The van der Waals surface area contributed by atoms with Gasteiger partial charge in [-0.15, -0.1) is 11.6 Å². The molecular formula is C7H9ClN2OS. The standard InChI is InChI=1S/C7H9ClN2OS/c1-10(7(11)4-8)5-6-2-3-9-12-6/h2-3H,4-5H2,1H3. The van der Waals surface area contributed by atoms with Crippen LogP contribution in [-0.2, 0) is 11.3 Å². The Bertz CT molecular complexity index is 250. The summed E-state index contributed by atoms with van der Waals surface area (Å²) in [6.07, 6.45) is 1.72. The molecule has 0 aliphatic heterocycles. The van der Waals surface area contributed by atoms with Gasteiger partial charge in [-0.25, -0.2) is 4.37 Å². The van der Waals surface area contributed by atoms with Gasteiger partial charge in [0.1, 0.15) is 5.88 Å². The molecule has 0 N–H and O–H groups in total. The average molecular weight is 205 g/mol. The van der Waals surface area contributed by atoms with Gasteiger partial charge >= 0.3 is 0 Å². The molecule has 0 bridgehead atoms. The summed E-state index contributed by atoms with van der Waals surface area (Å²) in [6.45, 7) is 0.593. The average Bonchev–Trinajstić information content (AvgIpc) is 2.55. The monoisotopic (exact) mass is 204 g/mol. The van der Waals surface area contributed by atoms with Gasteiger partial charge in [0.05, 0.1) is 6.54 Å². The first-order valence-corrected chi connectivity index (χ1v) is 4.74. The van der Waals surface area contributed by atoms with Crippen LogP contribution < -0.4 is 0 Å². The van der Waals surface area contributed by atoms with Crippen LogP contribution in [0, 0.1) is 0 Å². The summed E-state index contributed by atoms with van der Waals surface area (Å²) in [5, 5.41) is 0. The highest BCUT2D eigenvalue weighted by atomic mass is 35.5. The Morgan fingerprint density at radius 1 is 1.83 bits per heavy atom. The predicted molar refractivity (Wildman–Crippen MR) is 49.3 cm³/mol. The van der Waals surface area contributed by atoms with E-state index in [1.807, 2.05) is 6.07 Å². The van der Waals surface area contributed by atoms with Crippen LogP contribution in [0.15, 0.2) is 12.3 Å². The molecule has 1 heterocycles. The summed E-state index contributed by atoms with van der Waals surface area (Å²) >= 11 is 6.78. The zero-order chi connectivity index (χ0) is 8.97. The van der Waals surface area contributed by atoms with Crippen LogP contribution in [0.1, 0.15) is 4.88 Å². The van der Waals surface area contributed by atoms with Gasteiger partial charge in [0.2, 0.25) is 5.91 Å². The molecule has 0 aliphatic carbocycles. The maximum atomic E-state index is 11.0. The number of halogens is 1. The summed E-state index contributed by atoms with van der Waals surface area (Å²) in [5.41, 5.74) is 0. The first kappa shape index (κ1) is 9.48. The lowest BCUT2D eigenvalue weighted by atomic mass is 10.4. The van der Waals surface area contributed by atoms with Crippen molar-refractivity contribution in [3.63, 3.8) is 0 Å². The minimum Gasteiger partial charge on any atom is -0.340 e. The van der Waals surface area contributed by atoms with Gasteiger partial charge in [-0.05, 0) is 17.6 Å². The molecule has 5 heteroatoms. The van der Waals surface area contributed by atoms with Crippen LogP contribution in [0.25, 0.3) is 0 Å². The van der Waals surface area contributed by atoms with Crippen LogP contribution >= 0.6 is 23.1 Å². The molecule has 1 aromatic heterocycles. The molecule has 1 amide bonds. The van der Waals surface area contributed by atoms with Crippen LogP contribution in [0.3, 0.4) is 0 Å². The van der Waals surface area contributed by atoms with Crippen molar-refractivity contribution in [2.24, 2.45) is 0 Å². The Balaban J connectivity index is 2.47. The maximum Gasteiger partial charge on any atom is 0.237 e. The second-order valence-electron chi connectivity index (χ2n) is 2.36. The van der Waals surface area contributed by atoms with Crippen molar-refractivity contribution in [2.45, 2.75) is 6.54 Å². The maximum absolute atomic E-state index is 11.0. The minimum absolute atomic E-state index is 0.0370. The molecular weight excluding hydrogens is 196 g/mol. The van der Waals surface area contributed by atoms with Gasteiger partial charge < -0.3 is 4.90 Å². The highest BCUT2D eigenvalue weighted by Gasteiger charge is 2.07. The first-order valence-electron chi connectivity index (χ1n) is 3.43. The van der Waals surface area contributed by atoms with Crippen molar-refractivity contribution in [3.05, 3.63) is 17.1 Å². The molecule has 0 saturated heterocycles. The highest BCUT2D eigenvalue weighted by molar-refractivity contribution is 7.05. The normalized spacial score (nSPS) is 9.83. The molecule has 1 rings (SSSR count). The van der Waals surface area contributed by atoms with E-state index in [2.05, 4.69) is 4.37 Å². The number of aromatic nitrogens is 1. The van der Waals surface area contributed by atoms with Crippen molar-refractivity contribution in [3.8, 4) is 0 Å². The van der Waals surface area contributed by atoms with E-state index in [-0.39, 0.29) is 11.8 Å². The fourth-order valence-corrected chi connectivity index (χ4v) is 1.58. The lowest BCUT2D eigenvalue weighted by Gasteiger charge is -2.13. The molecule has 12 heavy (non-hydrogen) atoms. The van der Waals surface area contributed by atoms with E-state index >= 15 is 0 Å². The van der Waals surface area contributed by atoms with E-state index in [4.69, 9.17) is 11.6 Å². The number of carbonyl (C=O) groups excluding carboxylic acids is 1. The number of nitrogens with zero attached hydrogens (tertiary/aromatic N) is 2. The summed E-state index contributed by atoms with van der Waals surface area (Å²) in [7, 11) is 1.73. The quantitative estimate of drug-likeness (QED) is 0.697. The second-order valence-corrected chi connectivity index (χ2v) is 3.55. The summed E-state index contributed by atoms with van der Waals surface area (Å²) in [4.78, 5) is 13.7. The third-order valence-electron chi connectivity index (χ3n) is 1.42. The van der Waals surface area contributed by atoms with Gasteiger partial charge in [0.15, 0.2) is 0 Å². The molecule has 3 nitrogen and oxygen atoms in total. The van der Waals surface area contributed by atoms with Crippen molar-refractivity contribution in [2.75, 3.05) is 12.9 Å². The number of hydrogen-bond donors (Lipinski definition) is 0. The predicted octanol–water partition coefficient (Wildman–Crippen LogP) is 1.34. The number of hydrogen-bond acceptors (Lipinski definition) is 3. The molecule has 0 atom stereocenters. The Labute approximate surface area is 80.1 Å². The second kappa shape index (κ2) is 4.42. The van der Waals surface area contributed by atoms with Gasteiger partial charge in [0, 0.05) is 18.1 Å². The van der Waals surface area contributed by atoms with E-state index < -0.39 is 0 Å². The molecule has 0 radical (unpaired) electrons. The Kier molecular flexibility index (Phi) is 3.49. The zero-order valence-corrected chi connectivity index (χ0v) is 8.23. The van der Waals surface area contributed by atoms with Gasteiger partial charge in [-0.2, -0.15) is 0 Å². The van der Waals surface area contributed by atoms with E-state index in [1.54, 1.807) is 18.1 Å². The number of amides is 1. The van der Waals surface area contributed by atoms with Crippen LogP contribution in [0.5, 0.6) is 0 Å². The van der Waals surface area contributed by atoms with E-state index in [9.17, 15) is 4.79 Å². The zero-order valence-electron chi connectivity index (χ0n) is 6.66. The molecule has 0 fully saturated rings. The molecule has 0 aliphatic rings. The summed E-state index contributed by atoms with van der Waals surface area (Å²) in [5.74, 6) is -0.0277. The smallest absolute Gasteiger partial charge is 0.237 e. The van der Waals surface area contributed by atoms with Crippen LogP contribution in [0.2, 0.25) is 0 Å². The van der Waals surface area contributed by atoms with Crippen LogP contribution in [-0.4, -0.2) is 28.1 Å². The van der Waals surface area contributed by atoms with Crippen molar-refractivity contribution in [1.82, 2.24) is 9.27 Å². The summed E-state index contributed by atoms with van der Waals surface area (Å²) in [6, 6.07) is 1.89. The third kappa shape index (κ3) is 2.46. The Hall–Kier alpha value is -0.610. The Morgan fingerprint density at radius 3 is 3.08 bits per heavy atom. The van der Waals surface area contributed by atoms with Crippen LogP contribution in [0.4, 0.5) is 0 Å². The lowest BCUT2D eigenvalue weighted by molar-refractivity contribution is -0.127. The molecule has 66 valence electrons. The number of carbonyl (C=O) groups is 1. The first-order chi connectivity index (χ1) is 5.74. The Morgan fingerprint density at radius 2 is 2.58 bits per heavy atom. The molecule has 0 saturated carbocycles. The van der Waals surface area contributed by atoms with E-state index in [1.165, 1.54) is 11.5 Å². The number of rotatable bonds is 3. The highest BCUT2D eigenvalue weighted by Crippen LogP contribution is 2.07. The molecule has 0 aromatic carbocycles. The minimum atomic E-state index is -0.0648. The lowest BCUT2D eigenvalue weighted by Crippen LogP contribution is -2.26. The van der Waals surface area contributed by atoms with Crippen molar-refractivity contribution < 1.29 is 4.79 Å². The van der Waals surface area contributed by atoms with Gasteiger partial charge in [-0.1, -0.05) is 0 Å². The topological polar surface area (TPSA) is 33.2 Å². The molecule has 0 spiro atoms. The fourth-order valence-electron chi connectivity index (χ4n) is 0.748. The van der Waals surface area contributed by atoms with Crippen molar-refractivity contribution >= 4 is 29.0 Å². The van der Waals surface area contributed by atoms with Crippen molar-refractivity contribution in [1.29, 1.82) is 0 Å². The van der Waals surface area contributed by atoms with Gasteiger partial charge in [-0.3, -0.25) is 4.79 Å². The number of alkyl halides is 1. The summed E-state index contributed by atoms with van der Waals surface area (Å²) < 4.78 is 3.93. The van der Waals surface area contributed by atoms with E-state index in [0.717, 1.165) is 4.88 Å². The van der Waals surface area contributed by atoms with Gasteiger partial charge in [0.25, 0.3) is 0 Å². The molecule has 1 aromatic rings. The van der Waals surface area contributed by atoms with E-state index in [0.29, 0.717) is 6.54 Å². The largest absolute Gasteiger partial charge is 0.340 e. The SMILES string of the molecule is CN(Cc1ccns1)C(=O)CCl.